The standard InChI is InChI=1S/C37H36N8O11S2/c1-3-42-15-16-44(32(52)31(42)51)36(56)39-27(21-7-5-4-6-8-21)29(49)40-37(38-20-46)34(55)45-28(33(53)54)23(19-58-35(37)45)18-57-24-11-13-43(14-12-24)41(2)30(50)22-9-10-25(47)26(48)17-22/h4-14,17,20,27,35H,3,15-16,18-19H2,1-2H3,(H5-,38,39,40,46,47,48,49,50,51,52,53,54,56)/p+1/t27?,35-,37-/m1/s1. The number of carboxylic acid groups (broad SMARTS) is 1. The second-order valence-corrected chi connectivity index (χ2v) is 15.1. The number of thioether (sulfide) groups is 2. The van der Waals surface area contributed by atoms with Gasteiger partial charge in [0.1, 0.15) is 17.1 Å². The molecule has 4 heterocycles. The molecule has 3 atom stereocenters. The second kappa shape index (κ2) is 16.9. The highest BCUT2D eigenvalue weighted by Crippen LogP contribution is 2.46. The number of amides is 8. The van der Waals surface area contributed by atoms with Gasteiger partial charge in [-0.3, -0.25) is 38.6 Å². The number of hydrogen-bond donors (Lipinski definition) is 6. The van der Waals surface area contributed by atoms with Gasteiger partial charge in [0, 0.05) is 53.7 Å². The number of benzene rings is 2. The van der Waals surface area contributed by atoms with Crippen molar-refractivity contribution in [2.45, 2.75) is 28.9 Å². The fourth-order valence-corrected chi connectivity index (χ4v) is 8.96. The number of carboxylic acids is 1. The fourth-order valence-electron chi connectivity index (χ4n) is 6.51. The van der Waals surface area contributed by atoms with E-state index in [-0.39, 0.29) is 60.1 Å². The number of β-lactam (4-membered cyclic amide) rings is 1. The van der Waals surface area contributed by atoms with Gasteiger partial charge < -0.3 is 36.2 Å². The number of pyridine rings is 1. The van der Waals surface area contributed by atoms with Crippen LogP contribution < -0.4 is 25.6 Å². The van der Waals surface area contributed by atoms with Crippen molar-refractivity contribution in [2.24, 2.45) is 0 Å². The lowest BCUT2D eigenvalue weighted by Gasteiger charge is -2.56. The molecule has 6 rings (SSSR count). The zero-order chi connectivity index (χ0) is 41.9. The predicted molar refractivity (Wildman–Crippen MR) is 205 cm³/mol. The number of likely N-dealkylation sites (N-methyl/N-ethyl adjacent to an activating group) is 1. The van der Waals surface area contributed by atoms with E-state index in [0.29, 0.717) is 15.4 Å². The summed E-state index contributed by atoms with van der Waals surface area (Å²) in [7, 11) is 1.50. The molecule has 3 aliphatic heterocycles. The highest BCUT2D eigenvalue weighted by Gasteiger charge is 2.66. The molecular formula is C37H37N8O11S2+. The monoisotopic (exact) mass is 833 g/mol. The molecular weight excluding hydrogens is 797 g/mol. The van der Waals surface area contributed by atoms with Gasteiger partial charge in [-0.05, 0) is 36.3 Å². The first-order valence-corrected chi connectivity index (χ1v) is 19.6. The number of nitrogens with one attached hydrogen (secondary N) is 3. The lowest BCUT2D eigenvalue weighted by atomic mass is 9.94. The number of phenols is 2. The fraction of sp³-hybridized carbons (Fsp3) is 0.270. The number of rotatable bonds is 13. The number of aromatic nitrogens is 1. The first kappa shape index (κ1) is 41.0. The topological polar surface area (TPSA) is 250 Å². The maximum absolute atomic E-state index is 14.0. The molecule has 19 nitrogen and oxygen atoms in total. The number of aliphatic carboxylic acids is 1. The quantitative estimate of drug-likeness (QED) is 0.0250. The molecule has 1 unspecified atom stereocenters. The van der Waals surface area contributed by atoms with E-state index in [1.165, 1.54) is 57.7 Å². The van der Waals surface area contributed by atoms with Crippen molar-refractivity contribution in [3.63, 3.8) is 0 Å². The Hall–Kier alpha value is -6.61. The minimum atomic E-state index is -2.12. The Labute approximate surface area is 338 Å². The first-order valence-electron chi connectivity index (χ1n) is 17.6. The van der Waals surface area contributed by atoms with Gasteiger partial charge in [0.2, 0.25) is 30.4 Å². The first-order chi connectivity index (χ1) is 27.7. The van der Waals surface area contributed by atoms with Crippen LogP contribution in [-0.2, 0) is 28.8 Å². The van der Waals surface area contributed by atoms with Crippen LogP contribution in [0.1, 0.15) is 28.9 Å². The molecule has 0 saturated carbocycles. The molecule has 0 bridgehead atoms. The second-order valence-electron chi connectivity index (χ2n) is 13.0. The number of urea groups is 1. The molecule has 3 aromatic rings. The van der Waals surface area contributed by atoms with Gasteiger partial charge in [0.25, 0.3) is 5.91 Å². The number of nitrogens with zero attached hydrogens (tertiary/aromatic N) is 5. The zero-order valence-electron chi connectivity index (χ0n) is 30.9. The third-order valence-corrected chi connectivity index (χ3v) is 12.1. The molecule has 1 aromatic heterocycles. The molecule has 0 spiro atoms. The third-order valence-electron chi connectivity index (χ3n) is 9.62. The lowest BCUT2D eigenvalue weighted by molar-refractivity contribution is -0.679. The molecule has 302 valence electrons. The number of carbonyl (C=O) groups excluding carboxylic acids is 7. The van der Waals surface area contributed by atoms with Crippen molar-refractivity contribution < 1.29 is 58.4 Å². The van der Waals surface area contributed by atoms with Crippen LogP contribution in [0.3, 0.4) is 0 Å². The van der Waals surface area contributed by atoms with Crippen LogP contribution in [0.2, 0.25) is 0 Å². The zero-order valence-corrected chi connectivity index (χ0v) is 32.5. The van der Waals surface area contributed by atoms with Crippen LogP contribution in [0.15, 0.2) is 89.2 Å². The number of fused-ring (bicyclic) bond motifs is 1. The predicted octanol–water partition coefficient (Wildman–Crippen LogP) is -0.160. The third kappa shape index (κ3) is 7.72. The van der Waals surface area contributed by atoms with Crippen molar-refractivity contribution >= 4 is 71.5 Å². The number of aromatic hydroxyl groups is 2. The molecule has 2 aromatic carbocycles. The molecule has 8 amide bonds. The smallest absolute Gasteiger partial charge is 0.352 e. The van der Waals surface area contributed by atoms with Gasteiger partial charge in [0.05, 0.1) is 7.05 Å². The Morgan fingerprint density at radius 3 is 2.36 bits per heavy atom. The Kier molecular flexibility index (Phi) is 11.9. The van der Waals surface area contributed by atoms with E-state index in [0.717, 1.165) is 22.7 Å². The summed E-state index contributed by atoms with van der Waals surface area (Å²) in [6.07, 6.45) is 3.38. The summed E-state index contributed by atoms with van der Waals surface area (Å²) < 4.78 is 1.48. The van der Waals surface area contributed by atoms with Crippen LogP contribution in [-0.4, -0.2) is 127 Å². The van der Waals surface area contributed by atoms with Crippen molar-refractivity contribution in [3.05, 3.63) is 95.5 Å². The Bertz CT molecular complexity index is 2230. The van der Waals surface area contributed by atoms with Gasteiger partial charge >= 0.3 is 29.7 Å². The van der Waals surface area contributed by atoms with Gasteiger partial charge in [-0.25, -0.2) is 9.59 Å². The van der Waals surface area contributed by atoms with Crippen molar-refractivity contribution in [1.29, 1.82) is 0 Å². The number of imide groups is 1. The normalized spacial score (nSPS) is 19.4. The largest absolute Gasteiger partial charge is 0.504 e. The molecule has 2 saturated heterocycles. The van der Waals surface area contributed by atoms with E-state index < -0.39 is 64.4 Å². The summed E-state index contributed by atoms with van der Waals surface area (Å²) in [6.45, 7) is 1.91. The van der Waals surface area contributed by atoms with Crippen LogP contribution in [0, 0.1) is 0 Å². The molecule has 21 heteroatoms. The molecule has 0 aliphatic carbocycles. The van der Waals surface area contributed by atoms with Gasteiger partial charge in [0.15, 0.2) is 11.5 Å². The van der Waals surface area contributed by atoms with E-state index in [2.05, 4.69) is 16.0 Å². The Morgan fingerprint density at radius 1 is 1.02 bits per heavy atom. The summed E-state index contributed by atoms with van der Waals surface area (Å²) in [5.74, 6) is -6.35. The molecule has 3 aliphatic rings. The van der Waals surface area contributed by atoms with Crippen LogP contribution in [0.25, 0.3) is 0 Å². The summed E-state index contributed by atoms with van der Waals surface area (Å²) in [5, 5.41) is 37.2. The number of phenolic OH excluding ortho intramolecular Hbond substituents is 2. The van der Waals surface area contributed by atoms with E-state index in [9.17, 15) is 53.7 Å². The van der Waals surface area contributed by atoms with E-state index in [1.54, 1.807) is 49.6 Å². The lowest BCUT2D eigenvalue weighted by Crippen LogP contribution is -2.85. The number of carbonyl (C=O) groups is 8. The highest BCUT2D eigenvalue weighted by atomic mass is 32.2. The van der Waals surface area contributed by atoms with Crippen LogP contribution >= 0.6 is 23.5 Å². The van der Waals surface area contributed by atoms with Crippen LogP contribution in [0.4, 0.5) is 4.79 Å². The van der Waals surface area contributed by atoms with Gasteiger partial charge in [-0.2, -0.15) is 0 Å². The molecule has 0 radical (unpaired) electrons. The summed E-state index contributed by atoms with van der Waals surface area (Å²) >= 11 is 2.36. The Morgan fingerprint density at radius 2 is 1.72 bits per heavy atom. The minimum Gasteiger partial charge on any atom is -0.504 e. The maximum atomic E-state index is 14.0. The van der Waals surface area contributed by atoms with E-state index in [1.807, 2.05) is 0 Å². The summed E-state index contributed by atoms with van der Waals surface area (Å²) in [4.78, 5) is 108. The van der Waals surface area contributed by atoms with Crippen molar-refractivity contribution in [3.8, 4) is 11.5 Å². The summed E-state index contributed by atoms with van der Waals surface area (Å²) in [6, 6.07) is 12.4. The van der Waals surface area contributed by atoms with Gasteiger partial charge in [-0.15, -0.1) is 28.5 Å². The van der Waals surface area contributed by atoms with E-state index in [4.69, 9.17) is 0 Å². The number of hydrogen-bond acceptors (Lipinski definition) is 12. The van der Waals surface area contributed by atoms with Crippen LogP contribution in [0.5, 0.6) is 11.5 Å². The summed E-state index contributed by atoms with van der Waals surface area (Å²) in [5.41, 5.74) is -1.68. The highest BCUT2D eigenvalue weighted by molar-refractivity contribution is 8.01. The average Bonchev–Trinajstić information content (AvgIpc) is 3.22. The van der Waals surface area contributed by atoms with Crippen molar-refractivity contribution in [2.75, 3.05) is 43.2 Å². The van der Waals surface area contributed by atoms with Gasteiger partial charge in [-0.1, -0.05) is 35.0 Å². The average molecular weight is 834 g/mol. The molecule has 6 N–H and O–H groups in total. The molecule has 58 heavy (non-hydrogen) atoms. The molecule has 2 fully saturated rings. The SMILES string of the molecule is CCN1CCN(C(=O)NC(C(=O)N[C@]2(NC=O)C(=O)N3C(C(=O)O)=C(CSc4cc[n+](N(C)C(=O)c5ccc(O)c(O)c5)cc4)CS[C@@H]32)c2ccccc2)C(=O)C1=O. The maximum Gasteiger partial charge on any atom is 0.352 e. The van der Waals surface area contributed by atoms with E-state index >= 15 is 0 Å². The Balaban J connectivity index is 1.17. The number of piperazine rings is 1. The minimum absolute atomic E-state index is 0.0868. The van der Waals surface area contributed by atoms with Crippen molar-refractivity contribution in [1.82, 2.24) is 30.7 Å².